The molecule has 0 spiro atoms. The molecule has 0 unspecified atom stereocenters. The highest BCUT2D eigenvalue weighted by molar-refractivity contribution is 5.41. The largest absolute Gasteiger partial charge is 0.457 e. The van der Waals surface area contributed by atoms with E-state index in [-0.39, 0.29) is 11.6 Å². The zero-order chi connectivity index (χ0) is 14.8. The van der Waals surface area contributed by atoms with Crippen molar-refractivity contribution in [3.05, 3.63) is 59.2 Å². The van der Waals surface area contributed by atoms with E-state index in [1.807, 2.05) is 0 Å². The number of rotatable bonds is 5. The Morgan fingerprint density at radius 2 is 1.95 bits per heavy atom. The van der Waals surface area contributed by atoms with Crippen LogP contribution in [0.3, 0.4) is 0 Å². The molecule has 0 aromatic heterocycles. The van der Waals surface area contributed by atoms with Crippen molar-refractivity contribution in [2.75, 3.05) is 0 Å². The summed E-state index contributed by atoms with van der Waals surface area (Å²) in [5.41, 5.74) is 1.19. The van der Waals surface area contributed by atoms with Crippen LogP contribution in [0.25, 0.3) is 0 Å². The van der Waals surface area contributed by atoms with E-state index in [1.54, 1.807) is 25.1 Å². The number of halogens is 2. The monoisotopic (exact) mass is 289 g/mol. The van der Waals surface area contributed by atoms with E-state index >= 15 is 0 Å². The Morgan fingerprint density at radius 1 is 1.14 bits per heavy atom. The number of benzene rings is 2. The second-order valence-electron chi connectivity index (χ2n) is 5.38. The molecule has 3 rings (SSSR count). The summed E-state index contributed by atoms with van der Waals surface area (Å²) in [6.07, 6.45) is 2.28. The summed E-state index contributed by atoms with van der Waals surface area (Å²) < 4.78 is 32.9. The smallest absolute Gasteiger partial charge is 0.134 e. The third kappa shape index (κ3) is 3.39. The van der Waals surface area contributed by atoms with Gasteiger partial charge in [0.05, 0.1) is 0 Å². The van der Waals surface area contributed by atoms with Gasteiger partial charge in [0.1, 0.15) is 23.1 Å². The Hall–Kier alpha value is -1.94. The highest BCUT2D eigenvalue weighted by atomic mass is 19.1. The summed E-state index contributed by atoms with van der Waals surface area (Å²) in [6.45, 7) is 2.20. The lowest BCUT2D eigenvalue weighted by molar-refractivity contribution is 0.457. The molecule has 1 aliphatic rings. The maximum absolute atomic E-state index is 14.0. The topological polar surface area (TPSA) is 21.3 Å². The van der Waals surface area contributed by atoms with Crippen molar-refractivity contribution in [2.45, 2.75) is 32.4 Å². The van der Waals surface area contributed by atoms with Crippen LogP contribution < -0.4 is 10.1 Å². The Labute approximate surface area is 122 Å². The van der Waals surface area contributed by atoms with Gasteiger partial charge in [-0.15, -0.1) is 0 Å². The predicted octanol–water partition coefficient (Wildman–Crippen LogP) is 4.32. The molecule has 0 bridgehead atoms. The van der Waals surface area contributed by atoms with Gasteiger partial charge in [-0.25, -0.2) is 8.78 Å². The first-order valence-electron chi connectivity index (χ1n) is 7.08. The molecule has 4 heteroatoms. The standard InChI is InChI=1S/C17H17F2NO/c1-11-9-12(18)5-8-16(11)21-17-4-2-3-15(19)14(17)10-20-13-6-7-13/h2-5,8-9,13,20H,6-7,10H2,1H3. The van der Waals surface area contributed by atoms with Crippen LogP contribution in [-0.2, 0) is 6.54 Å². The van der Waals surface area contributed by atoms with Gasteiger partial charge in [0.25, 0.3) is 0 Å². The number of hydrogen-bond acceptors (Lipinski definition) is 2. The minimum Gasteiger partial charge on any atom is -0.457 e. The molecule has 1 N–H and O–H groups in total. The maximum Gasteiger partial charge on any atom is 0.134 e. The quantitative estimate of drug-likeness (QED) is 0.885. The minimum absolute atomic E-state index is 0.291. The third-order valence-electron chi connectivity index (χ3n) is 3.58. The molecule has 2 aromatic carbocycles. The second kappa shape index (κ2) is 5.82. The van der Waals surface area contributed by atoms with Crippen LogP contribution in [0.5, 0.6) is 11.5 Å². The predicted molar refractivity (Wildman–Crippen MR) is 77.5 cm³/mol. The highest BCUT2D eigenvalue weighted by Crippen LogP contribution is 2.30. The number of hydrogen-bond donors (Lipinski definition) is 1. The summed E-state index contributed by atoms with van der Waals surface area (Å²) in [5, 5.41) is 3.28. The van der Waals surface area contributed by atoms with E-state index < -0.39 is 0 Å². The Bertz CT molecular complexity index is 653. The van der Waals surface area contributed by atoms with E-state index in [0.29, 0.717) is 35.2 Å². The van der Waals surface area contributed by atoms with E-state index in [0.717, 1.165) is 12.8 Å². The van der Waals surface area contributed by atoms with Gasteiger partial charge < -0.3 is 10.1 Å². The molecule has 1 saturated carbocycles. The molecule has 2 nitrogen and oxygen atoms in total. The van der Waals surface area contributed by atoms with Crippen LogP contribution in [0.1, 0.15) is 24.0 Å². The molecule has 21 heavy (non-hydrogen) atoms. The average molecular weight is 289 g/mol. The van der Waals surface area contributed by atoms with Crippen LogP contribution in [0.2, 0.25) is 0 Å². The van der Waals surface area contributed by atoms with E-state index in [4.69, 9.17) is 4.74 Å². The van der Waals surface area contributed by atoms with Crippen molar-refractivity contribution < 1.29 is 13.5 Å². The Morgan fingerprint density at radius 3 is 2.67 bits per heavy atom. The first-order valence-corrected chi connectivity index (χ1v) is 7.08. The summed E-state index contributed by atoms with van der Waals surface area (Å²) in [5.74, 6) is 0.405. The average Bonchev–Trinajstić information content (AvgIpc) is 3.25. The van der Waals surface area contributed by atoms with Crippen LogP contribution >= 0.6 is 0 Å². The van der Waals surface area contributed by atoms with Gasteiger partial charge in [-0.05, 0) is 55.7 Å². The Balaban J connectivity index is 1.84. The molecule has 0 heterocycles. The first-order chi connectivity index (χ1) is 10.1. The lowest BCUT2D eigenvalue weighted by Gasteiger charge is -2.14. The van der Waals surface area contributed by atoms with Crippen LogP contribution in [0.4, 0.5) is 8.78 Å². The van der Waals surface area contributed by atoms with Crippen molar-refractivity contribution >= 4 is 0 Å². The summed E-state index contributed by atoms with van der Waals surface area (Å²) in [6, 6.07) is 9.56. The fourth-order valence-electron chi connectivity index (χ4n) is 2.19. The van der Waals surface area contributed by atoms with Crippen molar-refractivity contribution in [3.63, 3.8) is 0 Å². The molecule has 1 aliphatic carbocycles. The lowest BCUT2D eigenvalue weighted by Crippen LogP contribution is -2.16. The van der Waals surface area contributed by atoms with Gasteiger partial charge in [0.15, 0.2) is 0 Å². The molecule has 110 valence electrons. The SMILES string of the molecule is Cc1cc(F)ccc1Oc1cccc(F)c1CNC1CC1. The summed E-state index contributed by atoms with van der Waals surface area (Å²) in [7, 11) is 0. The molecular formula is C17H17F2NO. The molecule has 0 aliphatic heterocycles. The molecule has 2 aromatic rings. The number of nitrogens with one attached hydrogen (secondary N) is 1. The molecular weight excluding hydrogens is 272 g/mol. The van der Waals surface area contributed by atoms with E-state index in [1.165, 1.54) is 18.2 Å². The zero-order valence-corrected chi connectivity index (χ0v) is 11.8. The number of ether oxygens (including phenoxy) is 1. The van der Waals surface area contributed by atoms with Crippen LogP contribution in [0, 0.1) is 18.6 Å². The molecule has 0 radical (unpaired) electrons. The van der Waals surface area contributed by atoms with Crippen LogP contribution in [-0.4, -0.2) is 6.04 Å². The van der Waals surface area contributed by atoms with Crippen LogP contribution in [0.15, 0.2) is 36.4 Å². The maximum atomic E-state index is 14.0. The molecule has 0 saturated heterocycles. The van der Waals surface area contributed by atoms with Crippen molar-refractivity contribution in [3.8, 4) is 11.5 Å². The van der Waals surface area contributed by atoms with Crippen molar-refractivity contribution in [2.24, 2.45) is 0 Å². The van der Waals surface area contributed by atoms with Crippen molar-refractivity contribution in [1.29, 1.82) is 0 Å². The van der Waals surface area contributed by atoms with Gasteiger partial charge in [-0.1, -0.05) is 6.07 Å². The van der Waals surface area contributed by atoms with Crippen molar-refractivity contribution in [1.82, 2.24) is 5.32 Å². The summed E-state index contributed by atoms with van der Waals surface area (Å²) >= 11 is 0. The van der Waals surface area contributed by atoms with Gasteiger partial charge in [0.2, 0.25) is 0 Å². The van der Waals surface area contributed by atoms with Gasteiger partial charge in [-0.2, -0.15) is 0 Å². The Kier molecular flexibility index (Phi) is 3.88. The van der Waals surface area contributed by atoms with E-state index in [9.17, 15) is 8.78 Å². The highest BCUT2D eigenvalue weighted by Gasteiger charge is 2.21. The lowest BCUT2D eigenvalue weighted by atomic mass is 10.1. The van der Waals surface area contributed by atoms with Gasteiger partial charge in [0, 0.05) is 18.2 Å². The minimum atomic E-state index is -0.310. The summed E-state index contributed by atoms with van der Waals surface area (Å²) in [4.78, 5) is 0. The second-order valence-corrected chi connectivity index (χ2v) is 5.38. The molecule has 0 amide bonds. The fourth-order valence-corrected chi connectivity index (χ4v) is 2.19. The third-order valence-corrected chi connectivity index (χ3v) is 3.58. The van der Waals surface area contributed by atoms with Gasteiger partial charge in [-0.3, -0.25) is 0 Å². The van der Waals surface area contributed by atoms with E-state index in [2.05, 4.69) is 5.32 Å². The zero-order valence-electron chi connectivity index (χ0n) is 11.8. The molecule has 1 fully saturated rings. The molecule has 0 atom stereocenters. The number of aryl methyl sites for hydroxylation is 1. The first kappa shape index (κ1) is 14.0. The fraction of sp³-hybridized carbons (Fsp3) is 0.294. The van der Waals surface area contributed by atoms with Gasteiger partial charge >= 0.3 is 0 Å². The normalized spacial score (nSPS) is 14.2.